The first-order valence-corrected chi connectivity index (χ1v) is 8.23. The van der Waals surface area contributed by atoms with Crippen LogP contribution in [-0.4, -0.2) is 18.2 Å². The summed E-state index contributed by atoms with van der Waals surface area (Å²) in [6.45, 7) is 4.42. The van der Waals surface area contributed by atoms with Gasteiger partial charge in [-0.15, -0.1) is 0 Å². The van der Waals surface area contributed by atoms with Crippen molar-refractivity contribution < 1.29 is 9.53 Å². The molecule has 2 rings (SSSR count). The lowest BCUT2D eigenvalue weighted by molar-refractivity contribution is -0.123. The zero-order valence-electron chi connectivity index (χ0n) is 13.6. The number of aryl methyl sites for hydroxylation is 1. The Hall–Kier alpha value is -1.84. The van der Waals surface area contributed by atoms with Gasteiger partial charge in [0.15, 0.2) is 6.61 Å². The lowest BCUT2D eigenvalue weighted by Gasteiger charge is -2.18. The number of carbonyl (C=O) groups excluding carboxylic acids is 1. The Morgan fingerprint density at radius 1 is 1.27 bits per heavy atom. The first-order valence-electron chi connectivity index (χ1n) is 8.23. The molecule has 0 aliphatic heterocycles. The summed E-state index contributed by atoms with van der Waals surface area (Å²) in [7, 11) is 0. The molecule has 0 spiro atoms. The molecular formula is C18H26N2O2. The summed E-state index contributed by atoms with van der Waals surface area (Å²) in [6, 6.07) is 7.90. The summed E-state index contributed by atoms with van der Waals surface area (Å²) in [5.41, 5.74) is 4.98. The standard InChI is InChI=1S/C18H26N2O2/c1-3-4-15-7-11-17(12-8-15)22-13-18(21)20-19-16-9-5-14(2)6-10-16/h7-8,11-12,14H,3-6,9-10,13H2,1-2H3,(H,20,21). The normalized spacial score (nSPS) is 17.9. The van der Waals surface area contributed by atoms with Crippen molar-refractivity contribution in [2.75, 3.05) is 6.61 Å². The number of nitrogens with one attached hydrogen (secondary N) is 1. The summed E-state index contributed by atoms with van der Waals surface area (Å²) in [6.07, 6.45) is 6.49. The Bertz CT molecular complexity index is 498. The number of hydrogen-bond donors (Lipinski definition) is 1. The van der Waals surface area contributed by atoms with Gasteiger partial charge in [-0.05, 0) is 55.7 Å². The van der Waals surface area contributed by atoms with Gasteiger partial charge in [-0.3, -0.25) is 4.79 Å². The maximum absolute atomic E-state index is 11.7. The Labute approximate surface area is 132 Å². The predicted octanol–water partition coefficient (Wildman–Crippen LogP) is 3.70. The minimum Gasteiger partial charge on any atom is -0.484 e. The number of ether oxygens (including phenoxy) is 1. The van der Waals surface area contributed by atoms with Crippen LogP contribution in [-0.2, 0) is 11.2 Å². The maximum Gasteiger partial charge on any atom is 0.277 e. The third-order valence-electron chi connectivity index (χ3n) is 4.02. The van der Waals surface area contributed by atoms with Crippen LogP contribution >= 0.6 is 0 Å². The second-order valence-electron chi connectivity index (χ2n) is 6.08. The summed E-state index contributed by atoms with van der Waals surface area (Å²) in [5.74, 6) is 1.28. The molecule has 1 amide bonds. The molecule has 4 nitrogen and oxygen atoms in total. The number of hydrazone groups is 1. The van der Waals surface area contributed by atoms with Crippen LogP contribution in [0, 0.1) is 5.92 Å². The first-order chi connectivity index (χ1) is 10.7. The average Bonchev–Trinajstić information content (AvgIpc) is 2.54. The quantitative estimate of drug-likeness (QED) is 0.815. The molecule has 1 saturated carbocycles. The minimum atomic E-state index is -0.205. The third kappa shape index (κ3) is 5.51. The fourth-order valence-corrected chi connectivity index (χ4v) is 2.57. The molecule has 1 N–H and O–H groups in total. The van der Waals surface area contributed by atoms with Crippen LogP contribution in [0.4, 0.5) is 0 Å². The van der Waals surface area contributed by atoms with E-state index in [0.717, 1.165) is 50.2 Å². The molecule has 1 aromatic carbocycles. The molecule has 0 aromatic heterocycles. The molecule has 1 aliphatic rings. The number of nitrogens with zero attached hydrogens (tertiary/aromatic N) is 1. The van der Waals surface area contributed by atoms with E-state index in [1.807, 2.05) is 24.3 Å². The van der Waals surface area contributed by atoms with Crippen molar-refractivity contribution in [3.8, 4) is 5.75 Å². The molecule has 0 unspecified atom stereocenters. The predicted molar refractivity (Wildman–Crippen MR) is 89.1 cm³/mol. The third-order valence-corrected chi connectivity index (χ3v) is 4.02. The molecule has 0 saturated heterocycles. The van der Waals surface area contributed by atoms with Gasteiger partial charge in [0.25, 0.3) is 5.91 Å². The van der Waals surface area contributed by atoms with Gasteiger partial charge in [0.1, 0.15) is 5.75 Å². The van der Waals surface area contributed by atoms with Crippen LogP contribution in [0.3, 0.4) is 0 Å². The molecule has 22 heavy (non-hydrogen) atoms. The fourth-order valence-electron chi connectivity index (χ4n) is 2.57. The Kier molecular flexibility index (Phi) is 6.44. The van der Waals surface area contributed by atoms with Gasteiger partial charge < -0.3 is 4.74 Å². The molecule has 0 heterocycles. The molecule has 1 aliphatic carbocycles. The lowest BCUT2D eigenvalue weighted by atomic mass is 9.90. The molecular weight excluding hydrogens is 276 g/mol. The van der Waals surface area contributed by atoms with E-state index in [0.29, 0.717) is 5.75 Å². The Morgan fingerprint density at radius 2 is 1.95 bits per heavy atom. The molecule has 0 bridgehead atoms. The van der Waals surface area contributed by atoms with Crippen LogP contribution in [0.25, 0.3) is 0 Å². The van der Waals surface area contributed by atoms with Gasteiger partial charge in [0, 0.05) is 5.71 Å². The minimum absolute atomic E-state index is 0.000305. The van der Waals surface area contributed by atoms with Crippen molar-refractivity contribution in [2.24, 2.45) is 11.0 Å². The van der Waals surface area contributed by atoms with Crippen molar-refractivity contribution in [3.63, 3.8) is 0 Å². The zero-order valence-corrected chi connectivity index (χ0v) is 13.6. The summed E-state index contributed by atoms with van der Waals surface area (Å²) < 4.78 is 5.48. The number of hydrogen-bond acceptors (Lipinski definition) is 3. The molecule has 1 fully saturated rings. The topological polar surface area (TPSA) is 50.7 Å². The molecule has 4 heteroatoms. The highest BCUT2D eigenvalue weighted by Crippen LogP contribution is 2.21. The van der Waals surface area contributed by atoms with Crippen LogP contribution < -0.4 is 10.2 Å². The van der Waals surface area contributed by atoms with Crippen LogP contribution in [0.5, 0.6) is 5.75 Å². The largest absolute Gasteiger partial charge is 0.484 e. The molecule has 1 aromatic rings. The highest BCUT2D eigenvalue weighted by molar-refractivity contribution is 5.87. The molecule has 0 atom stereocenters. The van der Waals surface area contributed by atoms with Crippen molar-refractivity contribution in [1.29, 1.82) is 0 Å². The van der Waals surface area contributed by atoms with E-state index in [1.54, 1.807) is 0 Å². The second-order valence-corrected chi connectivity index (χ2v) is 6.08. The highest BCUT2D eigenvalue weighted by atomic mass is 16.5. The Balaban J connectivity index is 1.72. The van der Waals surface area contributed by atoms with Crippen molar-refractivity contribution in [1.82, 2.24) is 5.43 Å². The second kappa shape index (κ2) is 8.57. The maximum atomic E-state index is 11.7. The van der Waals surface area contributed by atoms with Gasteiger partial charge in [-0.1, -0.05) is 32.4 Å². The number of amides is 1. The van der Waals surface area contributed by atoms with Gasteiger partial charge in [-0.2, -0.15) is 5.10 Å². The van der Waals surface area contributed by atoms with E-state index in [4.69, 9.17) is 4.74 Å². The molecule has 120 valence electrons. The van der Waals surface area contributed by atoms with E-state index in [9.17, 15) is 4.79 Å². The van der Waals surface area contributed by atoms with Crippen LogP contribution in [0.2, 0.25) is 0 Å². The van der Waals surface area contributed by atoms with Crippen molar-refractivity contribution in [3.05, 3.63) is 29.8 Å². The van der Waals surface area contributed by atoms with Gasteiger partial charge >= 0.3 is 0 Å². The highest BCUT2D eigenvalue weighted by Gasteiger charge is 2.13. The van der Waals surface area contributed by atoms with E-state index >= 15 is 0 Å². The summed E-state index contributed by atoms with van der Waals surface area (Å²) >= 11 is 0. The van der Waals surface area contributed by atoms with E-state index < -0.39 is 0 Å². The number of benzene rings is 1. The number of carbonyl (C=O) groups is 1. The van der Waals surface area contributed by atoms with Crippen molar-refractivity contribution >= 4 is 11.6 Å². The van der Waals surface area contributed by atoms with Crippen molar-refractivity contribution in [2.45, 2.75) is 52.4 Å². The van der Waals surface area contributed by atoms with Gasteiger partial charge in [0.05, 0.1) is 0 Å². The van der Waals surface area contributed by atoms with Gasteiger partial charge in [-0.25, -0.2) is 5.43 Å². The summed E-state index contributed by atoms with van der Waals surface area (Å²) in [5, 5.41) is 4.21. The van der Waals surface area contributed by atoms with Gasteiger partial charge in [0.2, 0.25) is 0 Å². The number of rotatable bonds is 6. The smallest absolute Gasteiger partial charge is 0.277 e. The Morgan fingerprint density at radius 3 is 2.59 bits per heavy atom. The van der Waals surface area contributed by atoms with E-state index in [1.165, 1.54) is 5.56 Å². The monoisotopic (exact) mass is 302 g/mol. The fraction of sp³-hybridized carbons (Fsp3) is 0.556. The van der Waals surface area contributed by atoms with Crippen LogP contribution in [0.1, 0.15) is 51.5 Å². The average molecular weight is 302 g/mol. The first kappa shape index (κ1) is 16.5. The van der Waals surface area contributed by atoms with E-state index in [-0.39, 0.29) is 12.5 Å². The zero-order chi connectivity index (χ0) is 15.8. The summed E-state index contributed by atoms with van der Waals surface area (Å²) in [4.78, 5) is 11.7. The van der Waals surface area contributed by atoms with Crippen LogP contribution in [0.15, 0.2) is 29.4 Å². The SMILES string of the molecule is CCCc1ccc(OCC(=O)NN=C2CCC(C)CC2)cc1. The van der Waals surface area contributed by atoms with E-state index in [2.05, 4.69) is 24.4 Å². The molecule has 0 radical (unpaired) electrons. The lowest BCUT2D eigenvalue weighted by Crippen LogP contribution is -2.26.